The normalized spacial score (nSPS) is 24.2. The van der Waals surface area contributed by atoms with E-state index in [1.165, 1.54) is 25.8 Å². The van der Waals surface area contributed by atoms with Gasteiger partial charge in [0.25, 0.3) is 0 Å². The van der Waals surface area contributed by atoms with E-state index in [0.29, 0.717) is 24.5 Å². The summed E-state index contributed by atoms with van der Waals surface area (Å²) in [7, 11) is 1.35. The van der Waals surface area contributed by atoms with Crippen molar-refractivity contribution in [3.8, 4) is 0 Å². The number of hydrogen-bond donors (Lipinski definition) is 1. The second kappa shape index (κ2) is 8.00. The molecule has 3 rings (SSSR count). The molecule has 2 aliphatic rings. The van der Waals surface area contributed by atoms with E-state index in [4.69, 9.17) is 14.2 Å². The molecule has 0 aliphatic carbocycles. The quantitative estimate of drug-likeness (QED) is 0.764. The molecule has 1 aromatic rings. The molecule has 1 unspecified atom stereocenters. The number of benzene rings is 1. The summed E-state index contributed by atoms with van der Waals surface area (Å²) in [5.74, 6) is -0.500. The maximum absolute atomic E-state index is 11.7. The average molecular weight is 393 g/mol. The van der Waals surface area contributed by atoms with Crippen molar-refractivity contribution >= 4 is 28.7 Å². The zero-order chi connectivity index (χ0) is 19.5. The Balaban J connectivity index is 1.91. The Hall–Kier alpha value is -1.90. The van der Waals surface area contributed by atoms with Crippen LogP contribution < -0.4 is 0 Å². The predicted molar refractivity (Wildman–Crippen MR) is 101 cm³/mol. The van der Waals surface area contributed by atoms with Crippen LogP contribution in [-0.4, -0.2) is 60.5 Å². The van der Waals surface area contributed by atoms with Crippen LogP contribution in [0.15, 0.2) is 29.3 Å². The molecule has 0 radical (unpaired) electrons. The number of hydrogen-bond acceptors (Lipinski definition) is 8. The summed E-state index contributed by atoms with van der Waals surface area (Å²) in [5, 5.41) is 11.5. The third kappa shape index (κ3) is 4.17. The van der Waals surface area contributed by atoms with E-state index in [0.717, 1.165) is 23.4 Å². The fraction of sp³-hybridized carbons (Fsp3) is 0.526. The molecule has 1 N–H and O–H groups in total. The standard InChI is InChI=1S/C19H23NO6S/c1-13(21)26-11-19(23)12-27-17(20-19)18(7-9-25-10-8-18)15-5-3-14(4-6-15)16(22)24-2/h3-6,23H,7-12H2,1-2H3. The van der Waals surface area contributed by atoms with E-state index in [2.05, 4.69) is 4.99 Å². The van der Waals surface area contributed by atoms with E-state index in [9.17, 15) is 14.7 Å². The number of ether oxygens (including phenoxy) is 3. The Bertz CT molecular complexity index is 741. The summed E-state index contributed by atoms with van der Waals surface area (Å²) in [6.07, 6.45) is 1.44. The minimum Gasteiger partial charge on any atom is -0.465 e. The van der Waals surface area contributed by atoms with Gasteiger partial charge in [-0.25, -0.2) is 9.79 Å². The van der Waals surface area contributed by atoms with Gasteiger partial charge in [-0.15, -0.1) is 11.8 Å². The second-order valence-electron chi connectivity index (χ2n) is 6.73. The fourth-order valence-electron chi connectivity index (χ4n) is 3.36. The van der Waals surface area contributed by atoms with Gasteiger partial charge in [-0.2, -0.15) is 0 Å². The fourth-order valence-corrected chi connectivity index (χ4v) is 4.71. The van der Waals surface area contributed by atoms with Crippen LogP contribution in [0.2, 0.25) is 0 Å². The van der Waals surface area contributed by atoms with Gasteiger partial charge in [-0.3, -0.25) is 4.79 Å². The molecule has 1 saturated heterocycles. The van der Waals surface area contributed by atoms with Gasteiger partial charge in [-0.1, -0.05) is 12.1 Å². The van der Waals surface area contributed by atoms with Crippen molar-refractivity contribution in [2.24, 2.45) is 4.99 Å². The summed E-state index contributed by atoms with van der Waals surface area (Å²) in [6, 6.07) is 7.29. The van der Waals surface area contributed by atoms with Gasteiger partial charge >= 0.3 is 11.9 Å². The molecule has 0 saturated carbocycles. The maximum atomic E-state index is 11.7. The molecule has 1 fully saturated rings. The number of methoxy groups -OCH3 is 1. The van der Waals surface area contributed by atoms with Crippen molar-refractivity contribution in [2.45, 2.75) is 30.9 Å². The third-order valence-electron chi connectivity index (χ3n) is 4.87. The Morgan fingerprint density at radius 3 is 2.52 bits per heavy atom. The first kappa shape index (κ1) is 19.9. The SMILES string of the molecule is COC(=O)c1ccc(C2(C3=NC(O)(COC(C)=O)CS3)CCOCC2)cc1. The van der Waals surface area contributed by atoms with Crippen LogP contribution in [0, 0.1) is 0 Å². The molecule has 1 atom stereocenters. The van der Waals surface area contributed by atoms with Crippen LogP contribution >= 0.6 is 11.8 Å². The molecule has 7 nitrogen and oxygen atoms in total. The first-order valence-corrected chi connectivity index (χ1v) is 9.73. The lowest BCUT2D eigenvalue weighted by Crippen LogP contribution is -2.40. The average Bonchev–Trinajstić information content (AvgIpc) is 3.09. The highest BCUT2D eigenvalue weighted by atomic mass is 32.2. The monoisotopic (exact) mass is 393 g/mol. The van der Waals surface area contributed by atoms with Crippen LogP contribution in [0.3, 0.4) is 0 Å². The molecule has 8 heteroatoms. The van der Waals surface area contributed by atoms with Crippen LogP contribution in [0.4, 0.5) is 0 Å². The molecule has 2 heterocycles. The molecular weight excluding hydrogens is 370 g/mol. The van der Waals surface area contributed by atoms with Gasteiger partial charge in [0.1, 0.15) is 6.61 Å². The lowest BCUT2D eigenvalue weighted by molar-refractivity contribution is -0.147. The van der Waals surface area contributed by atoms with Crippen molar-refractivity contribution in [3.63, 3.8) is 0 Å². The lowest BCUT2D eigenvalue weighted by Gasteiger charge is -2.37. The van der Waals surface area contributed by atoms with E-state index in [-0.39, 0.29) is 12.6 Å². The molecule has 146 valence electrons. The van der Waals surface area contributed by atoms with Crippen molar-refractivity contribution in [1.29, 1.82) is 0 Å². The van der Waals surface area contributed by atoms with E-state index in [1.807, 2.05) is 12.1 Å². The summed E-state index contributed by atoms with van der Waals surface area (Å²) < 4.78 is 15.3. The van der Waals surface area contributed by atoms with E-state index < -0.39 is 17.1 Å². The van der Waals surface area contributed by atoms with Crippen LogP contribution in [0.5, 0.6) is 0 Å². The van der Waals surface area contributed by atoms with Crippen LogP contribution in [0.25, 0.3) is 0 Å². The first-order valence-electron chi connectivity index (χ1n) is 8.74. The van der Waals surface area contributed by atoms with Crippen molar-refractivity contribution in [2.75, 3.05) is 32.7 Å². The number of carbonyl (C=O) groups is 2. The van der Waals surface area contributed by atoms with Gasteiger partial charge in [0, 0.05) is 25.6 Å². The summed E-state index contributed by atoms with van der Waals surface area (Å²) >= 11 is 1.48. The summed E-state index contributed by atoms with van der Waals surface area (Å²) in [5.41, 5.74) is -0.307. The molecule has 0 spiro atoms. The van der Waals surface area contributed by atoms with Crippen LogP contribution in [-0.2, 0) is 24.4 Å². The predicted octanol–water partition coefficient (Wildman–Crippen LogP) is 1.92. The Morgan fingerprint density at radius 1 is 1.26 bits per heavy atom. The molecule has 0 aromatic heterocycles. The molecule has 27 heavy (non-hydrogen) atoms. The molecule has 2 aliphatic heterocycles. The molecular formula is C19H23NO6S. The lowest BCUT2D eigenvalue weighted by atomic mass is 9.74. The number of nitrogens with zero attached hydrogens (tertiary/aromatic N) is 1. The van der Waals surface area contributed by atoms with Gasteiger partial charge in [0.15, 0.2) is 0 Å². The largest absolute Gasteiger partial charge is 0.465 e. The summed E-state index contributed by atoms with van der Waals surface area (Å²) in [4.78, 5) is 27.3. The van der Waals surface area contributed by atoms with Gasteiger partial charge < -0.3 is 19.3 Å². The first-order chi connectivity index (χ1) is 12.9. The maximum Gasteiger partial charge on any atom is 0.337 e. The van der Waals surface area contributed by atoms with Gasteiger partial charge in [0.05, 0.1) is 23.5 Å². The highest BCUT2D eigenvalue weighted by Gasteiger charge is 2.46. The molecule has 0 bridgehead atoms. The summed E-state index contributed by atoms with van der Waals surface area (Å²) in [6.45, 7) is 2.31. The van der Waals surface area contributed by atoms with Crippen molar-refractivity contribution in [3.05, 3.63) is 35.4 Å². The molecule has 0 amide bonds. The topological polar surface area (TPSA) is 94.4 Å². The van der Waals surface area contributed by atoms with Crippen molar-refractivity contribution in [1.82, 2.24) is 0 Å². The van der Waals surface area contributed by atoms with Crippen LogP contribution in [0.1, 0.15) is 35.7 Å². The number of rotatable bonds is 5. The minimum absolute atomic E-state index is 0.160. The van der Waals surface area contributed by atoms with Gasteiger partial charge in [-0.05, 0) is 30.5 Å². The Morgan fingerprint density at radius 2 is 1.93 bits per heavy atom. The number of aliphatic imine (C=N–C) groups is 1. The number of aliphatic hydroxyl groups is 1. The zero-order valence-corrected chi connectivity index (χ0v) is 16.2. The van der Waals surface area contributed by atoms with E-state index in [1.54, 1.807) is 12.1 Å². The number of esters is 2. The Kier molecular flexibility index (Phi) is 5.88. The second-order valence-corrected chi connectivity index (χ2v) is 7.70. The zero-order valence-electron chi connectivity index (χ0n) is 15.4. The minimum atomic E-state index is -1.41. The van der Waals surface area contributed by atoms with Gasteiger partial charge in [0.2, 0.25) is 5.72 Å². The number of thioether (sulfide) groups is 1. The highest BCUT2D eigenvalue weighted by molar-refractivity contribution is 8.14. The van der Waals surface area contributed by atoms with E-state index >= 15 is 0 Å². The smallest absolute Gasteiger partial charge is 0.337 e. The molecule has 1 aromatic carbocycles. The highest BCUT2D eigenvalue weighted by Crippen LogP contribution is 2.44. The third-order valence-corrected chi connectivity index (χ3v) is 6.23. The number of carbonyl (C=O) groups excluding carboxylic acids is 2. The van der Waals surface area contributed by atoms with Crippen molar-refractivity contribution < 1.29 is 28.9 Å². The Labute approximate surface area is 162 Å².